The number of rotatable bonds is 3. The first-order chi connectivity index (χ1) is 21.5. The zero-order valence-corrected chi connectivity index (χ0v) is 27.8. The second-order valence-electron chi connectivity index (χ2n) is 15.2. The second-order valence-corrected chi connectivity index (χ2v) is 15.2. The summed E-state index contributed by atoms with van der Waals surface area (Å²) < 4.78 is 18.0. The van der Waals surface area contributed by atoms with Gasteiger partial charge in [-0.1, -0.05) is 33.6 Å². The molecule has 8 nitrogen and oxygen atoms in total. The van der Waals surface area contributed by atoms with E-state index in [4.69, 9.17) is 19.2 Å². The molecule has 2 aromatic rings. The molecule has 8 atom stereocenters. The van der Waals surface area contributed by atoms with Crippen LogP contribution in [0.2, 0.25) is 0 Å². The van der Waals surface area contributed by atoms with Gasteiger partial charge in [0.15, 0.2) is 5.78 Å². The molecule has 45 heavy (non-hydrogen) atoms. The Labute approximate surface area is 267 Å². The van der Waals surface area contributed by atoms with Crippen LogP contribution in [0.3, 0.4) is 0 Å². The minimum Gasteiger partial charge on any atom is -0.497 e. The van der Waals surface area contributed by atoms with Gasteiger partial charge in [-0.2, -0.15) is 0 Å². The van der Waals surface area contributed by atoms with Crippen molar-refractivity contribution in [3.8, 4) is 11.6 Å². The Morgan fingerprint density at radius 1 is 1.00 bits per heavy atom. The molecule has 1 aromatic heterocycles. The molecule has 2 unspecified atom stereocenters. The van der Waals surface area contributed by atoms with Gasteiger partial charge in [-0.3, -0.25) is 14.4 Å². The number of hydrogen-bond acceptors (Lipinski definition) is 7. The minimum atomic E-state index is -0.801. The van der Waals surface area contributed by atoms with Gasteiger partial charge in [-0.15, -0.1) is 0 Å². The molecule has 1 amide bonds. The van der Waals surface area contributed by atoms with E-state index in [-0.39, 0.29) is 30.4 Å². The first kappa shape index (κ1) is 32.0. The quantitative estimate of drug-likeness (QED) is 0.404. The standard InChI is InChI=1S/C37H50N2O6/c1-21(40)33-34(44-6)32-20-39(33)36(42)30(37(2,3)4)18-26(41)16-24-15-25-17-29(25)28(24)11-9-7-8-10-23-14-22-12-13-27(43-5)19-31(22)38-35(23)45-32/h12-14,19,24-25,28-30,32-34H,7-11,15-18,20H2,1-6H3/t24-,25?,28-,29?,30+,32-,33+,34+/m0/s1. The van der Waals surface area contributed by atoms with Gasteiger partial charge in [0.05, 0.1) is 19.2 Å². The van der Waals surface area contributed by atoms with E-state index < -0.39 is 29.6 Å². The SMILES string of the molecule is COc1ccc2cc3c(nc2c1)O[C@H]1CN(C(=O)[C@H](C(C)(C)C)CC(=O)C[C@@H]2CC4CC4[C@H]2CCCCC3)[C@H](C(C)=O)[C@@H]1OC. The van der Waals surface area contributed by atoms with E-state index in [1.54, 1.807) is 19.1 Å². The molecule has 2 saturated carbocycles. The van der Waals surface area contributed by atoms with E-state index in [0.29, 0.717) is 29.9 Å². The summed E-state index contributed by atoms with van der Waals surface area (Å²) in [5, 5.41) is 1.01. The average Bonchev–Trinajstić information content (AvgIpc) is 3.52. The fourth-order valence-corrected chi connectivity index (χ4v) is 8.68. The number of amides is 1. The third kappa shape index (κ3) is 6.49. The summed E-state index contributed by atoms with van der Waals surface area (Å²) in [5.41, 5.74) is 1.32. The molecule has 1 aromatic carbocycles. The van der Waals surface area contributed by atoms with Crippen molar-refractivity contribution in [1.82, 2.24) is 9.88 Å². The molecule has 4 aliphatic rings. The normalized spacial score (nSPS) is 32.6. The number of Topliss-reactive ketones (excluding diaryl/α,β-unsaturated/α-hetero) is 2. The fraction of sp³-hybridized carbons (Fsp3) is 0.676. The van der Waals surface area contributed by atoms with Crippen LogP contribution in [0.1, 0.15) is 84.6 Å². The van der Waals surface area contributed by atoms with Gasteiger partial charge >= 0.3 is 0 Å². The van der Waals surface area contributed by atoms with Crippen molar-refractivity contribution >= 4 is 28.4 Å². The highest BCUT2D eigenvalue weighted by Crippen LogP contribution is 2.60. The van der Waals surface area contributed by atoms with Crippen LogP contribution in [0.5, 0.6) is 11.6 Å². The molecule has 3 heterocycles. The Morgan fingerprint density at radius 3 is 2.51 bits per heavy atom. The van der Waals surface area contributed by atoms with Gasteiger partial charge in [0, 0.05) is 42.9 Å². The molecule has 2 bridgehead atoms. The van der Waals surface area contributed by atoms with Crippen molar-refractivity contribution in [2.75, 3.05) is 20.8 Å². The maximum atomic E-state index is 14.4. The molecule has 3 fully saturated rings. The Bertz CT molecular complexity index is 1450. The summed E-state index contributed by atoms with van der Waals surface area (Å²) in [6.07, 6.45) is 7.24. The smallest absolute Gasteiger partial charge is 0.227 e. The second kappa shape index (κ2) is 12.7. The Balaban J connectivity index is 1.38. The number of methoxy groups -OCH3 is 2. The van der Waals surface area contributed by atoms with Crippen molar-refractivity contribution in [3.63, 3.8) is 0 Å². The van der Waals surface area contributed by atoms with Gasteiger partial charge < -0.3 is 19.1 Å². The van der Waals surface area contributed by atoms with Crippen LogP contribution in [0.25, 0.3) is 10.9 Å². The van der Waals surface area contributed by atoms with E-state index in [9.17, 15) is 14.4 Å². The third-order valence-corrected chi connectivity index (χ3v) is 11.2. The number of pyridine rings is 1. The molecule has 2 aliphatic carbocycles. The highest BCUT2D eigenvalue weighted by molar-refractivity contribution is 5.92. The lowest BCUT2D eigenvalue weighted by atomic mass is 9.75. The first-order valence-electron chi connectivity index (χ1n) is 17.0. The molecule has 0 N–H and O–H groups in total. The number of carbonyl (C=O) groups is 3. The average molecular weight is 619 g/mol. The van der Waals surface area contributed by atoms with Crippen molar-refractivity contribution in [1.29, 1.82) is 0 Å². The summed E-state index contributed by atoms with van der Waals surface area (Å²) in [6, 6.07) is 7.21. The molecular formula is C37H50N2O6. The third-order valence-electron chi connectivity index (χ3n) is 11.2. The molecule has 0 spiro atoms. The molecule has 244 valence electrons. The zero-order valence-electron chi connectivity index (χ0n) is 27.8. The monoisotopic (exact) mass is 618 g/mol. The van der Waals surface area contributed by atoms with Crippen molar-refractivity contribution in [3.05, 3.63) is 29.8 Å². The summed E-state index contributed by atoms with van der Waals surface area (Å²) in [6.45, 7) is 7.74. The highest BCUT2D eigenvalue weighted by atomic mass is 16.5. The molecule has 1 saturated heterocycles. The van der Waals surface area contributed by atoms with Gasteiger partial charge in [0.25, 0.3) is 0 Å². The predicted molar refractivity (Wildman–Crippen MR) is 172 cm³/mol. The maximum Gasteiger partial charge on any atom is 0.227 e. The Morgan fingerprint density at radius 2 is 1.80 bits per heavy atom. The number of ketones is 2. The summed E-state index contributed by atoms with van der Waals surface area (Å²) >= 11 is 0. The molecule has 8 heteroatoms. The largest absolute Gasteiger partial charge is 0.497 e. The highest BCUT2D eigenvalue weighted by Gasteiger charge is 2.54. The van der Waals surface area contributed by atoms with Crippen molar-refractivity contribution in [2.24, 2.45) is 35.0 Å². The number of aromatic nitrogens is 1. The topological polar surface area (TPSA) is 95.0 Å². The van der Waals surface area contributed by atoms with Crippen LogP contribution in [-0.4, -0.2) is 66.4 Å². The van der Waals surface area contributed by atoms with Crippen LogP contribution >= 0.6 is 0 Å². The lowest BCUT2D eigenvalue weighted by Gasteiger charge is -2.35. The zero-order chi connectivity index (χ0) is 32.0. The Kier molecular flexibility index (Phi) is 8.99. The van der Waals surface area contributed by atoms with E-state index in [2.05, 4.69) is 6.07 Å². The van der Waals surface area contributed by atoms with Gasteiger partial charge in [0.2, 0.25) is 11.8 Å². The van der Waals surface area contributed by atoms with Crippen LogP contribution in [0.4, 0.5) is 0 Å². The number of nitrogens with zero attached hydrogens (tertiary/aromatic N) is 2. The van der Waals surface area contributed by atoms with Crippen LogP contribution in [0, 0.1) is 35.0 Å². The van der Waals surface area contributed by atoms with E-state index in [0.717, 1.165) is 60.4 Å². The number of hydrogen-bond donors (Lipinski definition) is 0. The lowest BCUT2D eigenvalue weighted by Crippen LogP contribution is -2.49. The van der Waals surface area contributed by atoms with Crippen LogP contribution < -0.4 is 9.47 Å². The molecule has 6 rings (SSSR count). The summed E-state index contributed by atoms with van der Waals surface area (Å²) in [4.78, 5) is 47.8. The number of ether oxygens (including phenoxy) is 3. The lowest BCUT2D eigenvalue weighted by molar-refractivity contribution is -0.147. The van der Waals surface area contributed by atoms with E-state index in [1.807, 2.05) is 39.0 Å². The van der Waals surface area contributed by atoms with Gasteiger partial charge in [-0.05, 0) is 86.3 Å². The molecule has 2 aliphatic heterocycles. The van der Waals surface area contributed by atoms with E-state index >= 15 is 0 Å². The Hall–Kier alpha value is -3.00. The summed E-state index contributed by atoms with van der Waals surface area (Å²) in [5.74, 6) is 3.13. The fourth-order valence-electron chi connectivity index (χ4n) is 8.68. The predicted octanol–water partition coefficient (Wildman–Crippen LogP) is 6.21. The van der Waals surface area contributed by atoms with E-state index in [1.165, 1.54) is 19.8 Å². The maximum absolute atomic E-state index is 14.4. The number of fused-ring (bicyclic) bond motifs is 7. The molecule has 0 radical (unpaired) electrons. The number of aryl methyl sites for hydroxylation is 1. The minimum absolute atomic E-state index is 0.157. The van der Waals surface area contributed by atoms with Crippen LogP contribution in [-0.2, 0) is 25.5 Å². The number of benzene rings is 1. The van der Waals surface area contributed by atoms with Crippen molar-refractivity contribution < 1.29 is 28.6 Å². The molecular weight excluding hydrogens is 568 g/mol. The summed E-state index contributed by atoms with van der Waals surface area (Å²) in [7, 11) is 3.20. The first-order valence-corrected chi connectivity index (χ1v) is 17.0. The van der Waals surface area contributed by atoms with Gasteiger partial charge in [-0.25, -0.2) is 4.98 Å². The van der Waals surface area contributed by atoms with Crippen molar-refractivity contribution in [2.45, 2.75) is 104 Å². The van der Waals surface area contributed by atoms with Gasteiger partial charge in [0.1, 0.15) is 29.8 Å². The number of carbonyl (C=O) groups excluding carboxylic acids is 3. The van der Waals surface area contributed by atoms with Crippen LogP contribution in [0.15, 0.2) is 24.3 Å².